The van der Waals surface area contributed by atoms with Gasteiger partial charge in [0.05, 0.1) is 10.3 Å². The Morgan fingerprint density at radius 2 is 2.12 bits per heavy atom. The molecule has 10 nitrogen and oxygen atoms in total. The zero-order chi connectivity index (χ0) is 17.6. The first-order valence-electron chi connectivity index (χ1n) is 6.77. The molecule has 1 N–H and O–H groups in total. The third-order valence-electron chi connectivity index (χ3n) is 3.40. The fourth-order valence-electron chi connectivity index (χ4n) is 2.31. The largest absolute Gasteiger partial charge is 0.320 e. The number of hydrogen-bond acceptors (Lipinski definition) is 7. The number of carbonyl (C=O) groups is 1. The molecular formula is C13H12N6O4S. The molecule has 0 aliphatic rings. The molecule has 3 rings (SSSR count). The summed E-state index contributed by atoms with van der Waals surface area (Å²) in [7, 11) is 1.40. The standard InChI is InChI=1S/C13H12N6O4S/c1-6-4-8-12(24-6)15-7(2)18(13(8)21)16-11(20)10-9(19(22)23)5-14-17(10)3/h4-5H,1-3H3,(H,16,20). The van der Waals surface area contributed by atoms with Crippen molar-refractivity contribution in [1.29, 1.82) is 0 Å². The van der Waals surface area contributed by atoms with Gasteiger partial charge in [-0.15, -0.1) is 11.3 Å². The summed E-state index contributed by atoms with van der Waals surface area (Å²) < 4.78 is 2.06. The van der Waals surface area contributed by atoms with E-state index in [0.717, 1.165) is 20.4 Å². The van der Waals surface area contributed by atoms with Crippen LogP contribution in [0.25, 0.3) is 10.2 Å². The van der Waals surface area contributed by atoms with Crippen molar-refractivity contribution in [3.8, 4) is 0 Å². The Labute approximate surface area is 138 Å². The van der Waals surface area contributed by atoms with E-state index in [1.807, 2.05) is 6.92 Å². The van der Waals surface area contributed by atoms with Crippen LogP contribution in [0.3, 0.4) is 0 Å². The quantitative estimate of drug-likeness (QED) is 0.558. The van der Waals surface area contributed by atoms with Crippen molar-refractivity contribution >= 4 is 33.1 Å². The molecule has 0 atom stereocenters. The second-order valence-corrected chi connectivity index (χ2v) is 6.31. The number of nitrogens with one attached hydrogen (secondary N) is 1. The highest BCUT2D eigenvalue weighted by atomic mass is 32.1. The molecule has 0 aliphatic heterocycles. The van der Waals surface area contributed by atoms with Crippen LogP contribution in [-0.2, 0) is 7.05 Å². The second kappa shape index (κ2) is 5.53. The molecule has 11 heteroatoms. The molecule has 3 heterocycles. The molecule has 0 bridgehead atoms. The Balaban J connectivity index is 2.07. The van der Waals surface area contributed by atoms with Crippen LogP contribution in [0.1, 0.15) is 21.2 Å². The molecule has 0 fully saturated rings. The minimum absolute atomic E-state index is 0.257. The number of carbonyl (C=O) groups excluding carboxylic acids is 1. The van der Waals surface area contributed by atoms with Crippen LogP contribution in [0.4, 0.5) is 5.69 Å². The summed E-state index contributed by atoms with van der Waals surface area (Å²) >= 11 is 1.37. The van der Waals surface area contributed by atoms with E-state index >= 15 is 0 Å². The fraction of sp³-hybridized carbons (Fsp3) is 0.231. The van der Waals surface area contributed by atoms with Crippen LogP contribution < -0.4 is 11.0 Å². The maximum absolute atomic E-state index is 12.5. The van der Waals surface area contributed by atoms with Crippen LogP contribution in [0.2, 0.25) is 0 Å². The molecule has 0 aliphatic carbocycles. The summed E-state index contributed by atoms with van der Waals surface area (Å²) in [6.45, 7) is 3.41. The molecule has 3 aromatic heterocycles. The van der Waals surface area contributed by atoms with Gasteiger partial charge in [-0.25, -0.2) is 9.66 Å². The van der Waals surface area contributed by atoms with Crippen molar-refractivity contribution in [1.82, 2.24) is 19.4 Å². The van der Waals surface area contributed by atoms with Crippen LogP contribution in [-0.4, -0.2) is 30.3 Å². The van der Waals surface area contributed by atoms with E-state index in [1.165, 1.54) is 18.4 Å². The average Bonchev–Trinajstić information content (AvgIpc) is 3.06. The van der Waals surface area contributed by atoms with Gasteiger partial charge in [-0.1, -0.05) is 0 Å². The lowest BCUT2D eigenvalue weighted by molar-refractivity contribution is -0.385. The molecule has 0 unspecified atom stereocenters. The van der Waals surface area contributed by atoms with Gasteiger partial charge in [0.2, 0.25) is 5.69 Å². The van der Waals surface area contributed by atoms with E-state index in [4.69, 9.17) is 0 Å². The van der Waals surface area contributed by atoms with E-state index in [-0.39, 0.29) is 11.5 Å². The van der Waals surface area contributed by atoms with Crippen LogP contribution >= 0.6 is 11.3 Å². The molecule has 1 amide bonds. The van der Waals surface area contributed by atoms with Gasteiger partial charge in [-0.2, -0.15) is 5.10 Å². The van der Waals surface area contributed by atoms with Crippen molar-refractivity contribution < 1.29 is 9.72 Å². The number of hydrogen-bond donors (Lipinski definition) is 1. The van der Waals surface area contributed by atoms with Gasteiger partial charge in [0.15, 0.2) is 0 Å². The van der Waals surface area contributed by atoms with Gasteiger partial charge < -0.3 is 0 Å². The summed E-state index contributed by atoms with van der Waals surface area (Å²) in [5, 5.41) is 15.1. The van der Waals surface area contributed by atoms with E-state index in [1.54, 1.807) is 13.0 Å². The maximum atomic E-state index is 12.5. The Morgan fingerprint density at radius 3 is 2.79 bits per heavy atom. The molecular weight excluding hydrogens is 336 g/mol. The second-order valence-electron chi connectivity index (χ2n) is 5.08. The summed E-state index contributed by atoms with van der Waals surface area (Å²) in [5.41, 5.74) is 1.22. The average molecular weight is 348 g/mol. The first-order valence-corrected chi connectivity index (χ1v) is 7.58. The highest BCUT2D eigenvalue weighted by molar-refractivity contribution is 7.18. The lowest BCUT2D eigenvalue weighted by Gasteiger charge is -2.10. The van der Waals surface area contributed by atoms with Crippen molar-refractivity contribution in [2.24, 2.45) is 7.05 Å². The molecule has 124 valence electrons. The van der Waals surface area contributed by atoms with Gasteiger partial charge >= 0.3 is 5.69 Å². The predicted octanol–water partition coefficient (Wildman–Crippen LogP) is 1.10. The Kier molecular flexibility index (Phi) is 3.64. The molecule has 0 spiro atoms. The van der Waals surface area contributed by atoms with Gasteiger partial charge in [0, 0.05) is 11.9 Å². The molecule has 24 heavy (non-hydrogen) atoms. The normalized spacial score (nSPS) is 11.0. The van der Waals surface area contributed by atoms with Crippen LogP contribution in [0.15, 0.2) is 17.1 Å². The Morgan fingerprint density at radius 1 is 1.42 bits per heavy atom. The lowest BCUT2D eigenvalue weighted by atomic mass is 10.3. The zero-order valence-corrected chi connectivity index (χ0v) is 13.7. The van der Waals surface area contributed by atoms with Gasteiger partial charge in [0.25, 0.3) is 11.5 Å². The molecule has 3 aromatic rings. The number of aromatic nitrogens is 4. The summed E-state index contributed by atoms with van der Waals surface area (Å²) in [6, 6.07) is 1.68. The van der Waals surface area contributed by atoms with Crippen molar-refractivity contribution in [3.63, 3.8) is 0 Å². The fourth-order valence-corrected chi connectivity index (χ4v) is 3.23. The van der Waals surface area contributed by atoms with E-state index < -0.39 is 22.1 Å². The third-order valence-corrected chi connectivity index (χ3v) is 4.35. The lowest BCUT2D eigenvalue weighted by Crippen LogP contribution is -2.36. The molecule has 0 saturated heterocycles. The summed E-state index contributed by atoms with van der Waals surface area (Å²) in [6.07, 6.45) is 0.980. The van der Waals surface area contributed by atoms with E-state index in [0.29, 0.717) is 10.2 Å². The SMILES string of the molecule is Cc1cc2c(=O)n(NC(=O)c3c([N+](=O)[O-])cnn3C)c(C)nc2s1. The third kappa shape index (κ3) is 2.44. The van der Waals surface area contributed by atoms with Crippen molar-refractivity contribution in [2.75, 3.05) is 5.43 Å². The van der Waals surface area contributed by atoms with Gasteiger partial charge in [-0.05, 0) is 19.9 Å². The first kappa shape index (κ1) is 15.8. The topological polar surface area (TPSA) is 125 Å². The van der Waals surface area contributed by atoms with Crippen LogP contribution in [0.5, 0.6) is 0 Å². The van der Waals surface area contributed by atoms with E-state index in [9.17, 15) is 19.7 Å². The van der Waals surface area contributed by atoms with E-state index in [2.05, 4.69) is 15.5 Å². The summed E-state index contributed by atoms with van der Waals surface area (Å²) in [4.78, 5) is 41.0. The van der Waals surface area contributed by atoms with Gasteiger partial charge in [-0.3, -0.25) is 29.8 Å². The monoisotopic (exact) mass is 348 g/mol. The Bertz CT molecular complexity index is 1050. The summed E-state index contributed by atoms with van der Waals surface area (Å²) in [5.74, 6) is -0.549. The minimum atomic E-state index is -0.819. The number of rotatable bonds is 3. The number of amides is 1. The van der Waals surface area contributed by atoms with Crippen molar-refractivity contribution in [3.05, 3.63) is 49.1 Å². The number of nitro groups is 1. The zero-order valence-electron chi connectivity index (χ0n) is 12.9. The smallest absolute Gasteiger partial charge is 0.267 e. The number of nitrogens with zero attached hydrogens (tertiary/aromatic N) is 5. The minimum Gasteiger partial charge on any atom is -0.267 e. The predicted molar refractivity (Wildman–Crippen MR) is 86.9 cm³/mol. The maximum Gasteiger partial charge on any atom is 0.320 e. The molecule has 0 aromatic carbocycles. The van der Waals surface area contributed by atoms with Gasteiger partial charge in [0.1, 0.15) is 16.9 Å². The Hall–Kier alpha value is -3.08. The molecule has 0 radical (unpaired) electrons. The highest BCUT2D eigenvalue weighted by Gasteiger charge is 2.26. The van der Waals surface area contributed by atoms with Crippen LogP contribution in [0, 0.1) is 24.0 Å². The van der Waals surface area contributed by atoms with Crippen molar-refractivity contribution in [2.45, 2.75) is 13.8 Å². The highest BCUT2D eigenvalue weighted by Crippen LogP contribution is 2.20. The number of aryl methyl sites for hydroxylation is 3. The molecule has 0 saturated carbocycles. The number of fused-ring (bicyclic) bond motifs is 1. The number of thiophene rings is 1. The first-order chi connectivity index (χ1) is 11.3.